The van der Waals surface area contributed by atoms with Crippen LogP contribution in [0.15, 0.2) is 58.3 Å². The maximum Gasteiger partial charge on any atom is 1.00 e. The van der Waals surface area contributed by atoms with Crippen LogP contribution in [0.2, 0.25) is 0 Å². The van der Waals surface area contributed by atoms with Gasteiger partial charge in [-0.05, 0) is 53.9 Å². The monoisotopic (exact) mass is 460 g/mol. The predicted molar refractivity (Wildman–Crippen MR) is 102 cm³/mol. The van der Waals surface area contributed by atoms with Crippen LogP contribution in [0.25, 0.3) is 10.8 Å². The molecule has 0 saturated carbocycles. The molecule has 0 heterocycles. The van der Waals surface area contributed by atoms with E-state index in [2.05, 4.69) is 5.32 Å². The molecule has 0 aliphatic rings. The standard InChI is InChI=1S/C17H14N2O8S2.Na/c18-11-3-1-9(2-4-11)17(21)19-14-7-12(28(22,23)24)5-10-6-13(29(25,26)27)8-15(20)16(10)14;/h1-8,20H,18H2,(H,19,21)(H,22,23,24)(H,25,26,27);/q;+1/p-1. The van der Waals surface area contributed by atoms with Crippen LogP contribution < -0.4 is 40.6 Å². The third-order valence-corrected chi connectivity index (χ3v) is 5.63. The van der Waals surface area contributed by atoms with Gasteiger partial charge in [-0.25, -0.2) is 8.42 Å². The number of fused-ring (bicyclic) bond motifs is 1. The molecule has 1 amide bonds. The normalized spacial score (nSPS) is 11.7. The van der Waals surface area contributed by atoms with E-state index in [1.807, 2.05) is 0 Å². The number of carbonyl (C=O) groups is 1. The molecule has 3 aromatic rings. The number of phenolic OH excluding ortho intramolecular Hbond substituents is 1. The second-order valence-electron chi connectivity index (χ2n) is 6.02. The maximum atomic E-state index is 12.5. The molecule has 0 unspecified atom stereocenters. The van der Waals surface area contributed by atoms with E-state index >= 15 is 0 Å². The predicted octanol–water partition coefficient (Wildman–Crippen LogP) is -1.47. The number of anilines is 2. The van der Waals surface area contributed by atoms with E-state index in [0.29, 0.717) is 11.8 Å². The summed E-state index contributed by atoms with van der Waals surface area (Å²) in [7, 11) is -9.73. The zero-order chi connectivity index (χ0) is 21.6. The second-order valence-corrected chi connectivity index (χ2v) is 8.82. The van der Waals surface area contributed by atoms with Gasteiger partial charge in [0.2, 0.25) is 0 Å². The molecule has 0 bridgehead atoms. The number of aromatic hydroxyl groups is 1. The van der Waals surface area contributed by atoms with Gasteiger partial charge in [-0.2, -0.15) is 8.42 Å². The summed E-state index contributed by atoms with van der Waals surface area (Å²) in [5.41, 5.74) is 5.89. The van der Waals surface area contributed by atoms with Crippen LogP contribution in [0.3, 0.4) is 0 Å². The second kappa shape index (κ2) is 8.51. The Morgan fingerprint density at radius 1 is 0.967 bits per heavy atom. The molecule has 0 radical (unpaired) electrons. The largest absolute Gasteiger partial charge is 1.00 e. The molecule has 0 aliphatic carbocycles. The first-order chi connectivity index (χ1) is 13.4. The summed E-state index contributed by atoms with van der Waals surface area (Å²) in [5, 5.41) is 12.3. The molecular weight excluding hydrogens is 447 g/mol. The Kier molecular flexibility index (Phi) is 6.83. The molecule has 0 aromatic heterocycles. The van der Waals surface area contributed by atoms with Gasteiger partial charge in [0.15, 0.2) is 0 Å². The molecule has 0 fully saturated rings. The summed E-state index contributed by atoms with van der Waals surface area (Å²) in [6, 6.07) is 8.98. The summed E-state index contributed by atoms with van der Waals surface area (Å²) < 4.78 is 66.3. The number of hydrogen-bond donors (Lipinski definition) is 4. The van der Waals surface area contributed by atoms with Crippen molar-refractivity contribution >= 4 is 48.3 Å². The summed E-state index contributed by atoms with van der Waals surface area (Å²) in [6.45, 7) is 0. The van der Waals surface area contributed by atoms with Crippen molar-refractivity contribution in [3.63, 3.8) is 0 Å². The maximum absolute atomic E-state index is 12.5. The minimum atomic E-state index is -4.97. The number of nitrogens with two attached hydrogens (primary N) is 1. The van der Waals surface area contributed by atoms with Gasteiger partial charge in [0, 0.05) is 16.6 Å². The van der Waals surface area contributed by atoms with Crippen LogP contribution in [0.5, 0.6) is 5.75 Å². The smallest absolute Gasteiger partial charge is 0.744 e. The van der Waals surface area contributed by atoms with Gasteiger partial charge in [0.05, 0.1) is 15.5 Å². The fraction of sp³-hybridized carbons (Fsp3) is 0. The quantitative estimate of drug-likeness (QED) is 0.205. The molecule has 3 aromatic carbocycles. The van der Waals surface area contributed by atoms with E-state index in [-0.39, 0.29) is 51.6 Å². The number of hydrogen-bond acceptors (Lipinski definition) is 8. The van der Waals surface area contributed by atoms with Gasteiger partial charge in [-0.15, -0.1) is 0 Å². The average Bonchev–Trinajstić information content (AvgIpc) is 2.60. The molecule has 10 nitrogen and oxygen atoms in total. The van der Waals surface area contributed by atoms with Crippen LogP contribution in [0, 0.1) is 0 Å². The van der Waals surface area contributed by atoms with Crippen LogP contribution in [0.4, 0.5) is 11.4 Å². The van der Waals surface area contributed by atoms with Gasteiger partial charge < -0.3 is 20.7 Å². The van der Waals surface area contributed by atoms with Crippen molar-refractivity contribution < 1.29 is 65.4 Å². The molecule has 152 valence electrons. The molecule has 0 aliphatic heterocycles. The number of benzene rings is 3. The Morgan fingerprint density at radius 3 is 2.07 bits per heavy atom. The minimum absolute atomic E-state index is 0. The van der Waals surface area contributed by atoms with Gasteiger partial charge in [0.1, 0.15) is 15.9 Å². The zero-order valence-corrected chi connectivity index (χ0v) is 19.0. The van der Waals surface area contributed by atoms with Crippen molar-refractivity contribution in [1.29, 1.82) is 0 Å². The first-order valence-corrected chi connectivity index (χ1v) is 10.6. The third-order valence-electron chi connectivity index (χ3n) is 3.98. The number of nitrogen functional groups attached to an aromatic ring is 1. The number of phenols is 1. The minimum Gasteiger partial charge on any atom is -0.744 e. The molecule has 13 heteroatoms. The fourth-order valence-corrected chi connectivity index (χ4v) is 3.73. The first-order valence-electron chi connectivity index (χ1n) is 7.77. The Balaban J connectivity index is 0.00000320. The van der Waals surface area contributed by atoms with Gasteiger partial charge >= 0.3 is 29.6 Å². The summed E-state index contributed by atoms with van der Waals surface area (Å²) in [5.74, 6) is -1.38. The van der Waals surface area contributed by atoms with Crippen molar-refractivity contribution in [2.45, 2.75) is 9.79 Å². The summed E-state index contributed by atoms with van der Waals surface area (Å²) >= 11 is 0. The van der Waals surface area contributed by atoms with E-state index in [1.165, 1.54) is 24.3 Å². The average molecular weight is 460 g/mol. The SMILES string of the molecule is Nc1ccc(C(=O)Nc2cc(S(=O)(=O)O)cc3cc(S(=O)(=O)[O-])cc(O)c23)cc1.[Na+]. The van der Waals surface area contributed by atoms with Crippen molar-refractivity contribution in [3.05, 3.63) is 54.1 Å². The van der Waals surface area contributed by atoms with Crippen LogP contribution in [0.1, 0.15) is 10.4 Å². The van der Waals surface area contributed by atoms with Crippen LogP contribution >= 0.6 is 0 Å². The Morgan fingerprint density at radius 2 is 1.53 bits per heavy atom. The Bertz CT molecular complexity index is 1350. The van der Waals surface area contributed by atoms with E-state index in [9.17, 15) is 35.8 Å². The van der Waals surface area contributed by atoms with Crippen LogP contribution in [-0.2, 0) is 20.2 Å². The van der Waals surface area contributed by atoms with Gasteiger partial charge in [0.25, 0.3) is 16.0 Å². The Labute approximate surface area is 193 Å². The molecule has 0 spiro atoms. The van der Waals surface area contributed by atoms with Crippen molar-refractivity contribution in [3.8, 4) is 5.75 Å². The third kappa shape index (κ3) is 5.10. The molecular formula is C17H13N2NaO8S2. The first kappa shape index (κ1) is 24.1. The van der Waals surface area contributed by atoms with Gasteiger partial charge in [-0.3, -0.25) is 9.35 Å². The summed E-state index contributed by atoms with van der Waals surface area (Å²) in [6.07, 6.45) is 0. The number of rotatable bonds is 4. The number of carbonyl (C=O) groups excluding carboxylic acids is 1. The van der Waals surface area contributed by atoms with E-state index in [0.717, 1.165) is 18.2 Å². The summed E-state index contributed by atoms with van der Waals surface area (Å²) in [4.78, 5) is 11.0. The van der Waals surface area contributed by atoms with E-state index < -0.39 is 41.7 Å². The molecule has 0 atom stereocenters. The molecule has 3 rings (SSSR count). The zero-order valence-electron chi connectivity index (χ0n) is 15.4. The molecule has 0 saturated heterocycles. The van der Waals surface area contributed by atoms with E-state index in [4.69, 9.17) is 5.73 Å². The molecule has 5 N–H and O–H groups in total. The van der Waals surface area contributed by atoms with Crippen molar-refractivity contribution in [2.24, 2.45) is 0 Å². The number of amides is 1. The Hall–Kier alpha value is -2.19. The van der Waals surface area contributed by atoms with Crippen LogP contribution in [-0.4, -0.2) is 37.0 Å². The topological polar surface area (TPSA) is 187 Å². The number of nitrogens with one attached hydrogen (secondary N) is 1. The molecule has 30 heavy (non-hydrogen) atoms. The van der Waals surface area contributed by atoms with E-state index in [1.54, 1.807) is 0 Å². The fourth-order valence-electron chi connectivity index (χ4n) is 2.66. The van der Waals surface area contributed by atoms with Crippen molar-refractivity contribution in [1.82, 2.24) is 0 Å². The van der Waals surface area contributed by atoms with Gasteiger partial charge in [-0.1, -0.05) is 0 Å². The van der Waals surface area contributed by atoms with Crippen molar-refractivity contribution in [2.75, 3.05) is 11.1 Å².